The predicted octanol–water partition coefficient (Wildman–Crippen LogP) is 3.50. The monoisotopic (exact) mass is 280 g/mol. The number of nitrogen functional groups attached to an aromatic ring is 1. The fourth-order valence-corrected chi connectivity index (χ4v) is 3.23. The van der Waals surface area contributed by atoms with Crippen molar-refractivity contribution in [1.29, 1.82) is 5.26 Å². The van der Waals surface area contributed by atoms with Gasteiger partial charge in [-0.25, -0.2) is 0 Å². The van der Waals surface area contributed by atoms with Crippen LogP contribution in [0.15, 0.2) is 24.3 Å². The number of nitrogens with two attached hydrogens (primary N) is 1. The largest absolute Gasteiger partial charge is 0.399 e. The van der Waals surface area contributed by atoms with Crippen molar-refractivity contribution in [3.05, 3.63) is 46.8 Å². The van der Waals surface area contributed by atoms with Gasteiger partial charge in [-0.05, 0) is 30.5 Å². The third-order valence-corrected chi connectivity index (χ3v) is 4.30. The summed E-state index contributed by atoms with van der Waals surface area (Å²) >= 11 is 0. The Morgan fingerprint density at radius 3 is 2.81 bits per heavy atom. The van der Waals surface area contributed by atoms with Crippen LogP contribution in [0.4, 0.5) is 5.69 Å². The Balaban J connectivity index is 1.86. The molecule has 1 aromatic carbocycles. The zero-order chi connectivity index (χ0) is 14.7. The van der Waals surface area contributed by atoms with E-state index < -0.39 is 0 Å². The second-order valence-electron chi connectivity index (χ2n) is 5.83. The number of aromatic nitrogens is 2. The number of hydrogen-bond acceptors (Lipinski definition) is 3. The van der Waals surface area contributed by atoms with Gasteiger partial charge in [-0.15, -0.1) is 0 Å². The molecular formula is C17H20N4. The molecule has 1 aromatic heterocycles. The van der Waals surface area contributed by atoms with Gasteiger partial charge in [0, 0.05) is 18.0 Å². The fourth-order valence-electron chi connectivity index (χ4n) is 3.23. The molecule has 1 fully saturated rings. The molecule has 0 unspecified atom stereocenters. The molecule has 0 spiro atoms. The number of nitriles is 1. The van der Waals surface area contributed by atoms with Gasteiger partial charge in [0.05, 0.1) is 17.0 Å². The van der Waals surface area contributed by atoms with Crippen molar-refractivity contribution in [3.8, 4) is 6.07 Å². The molecule has 3 rings (SSSR count). The summed E-state index contributed by atoms with van der Waals surface area (Å²) in [6, 6.07) is 10.1. The molecule has 0 saturated heterocycles. The van der Waals surface area contributed by atoms with Gasteiger partial charge in [0.25, 0.3) is 0 Å². The van der Waals surface area contributed by atoms with Crippen molar-refractivity contribution in [1.82, 2.24) is 10.2 Å². The number of nitrogens with one attached hydrogen (secondary N) is 1. The molecule has 0 bridgehead atoms. The number of anilines is 1. The highest BCUT2D eigenvalue weighted by atomic mass is 15.1. The maximum atomic E-state index is 9.52. The maximum Gasteiger partial charge on any atom is 0.103 e. The normalized spacial score (nSPS) is 15.8. The van der Waals surface area contributed by atoms with E-state index >= 15 is 0 Å². The molecule has 0 aliphatic heterocycles. The molecule has 3 N–H and O–H groups in total. The first kappa shape index (κ1) is 13.7. The van der Waals surface area contributed by atoms with Crippen molar-refractivity contribution in [3.63, 3.8) is 0 Å². The number of benzene rings is 1. The molecule has 1 aliphatic carbocycles. The molecule has 0 atom stereocenters. The smallest absolute Gasteiger partial charge is 0.103 e. The Bertz CT molecular complexity index is 660. The third kappa shape index (κ3) is 2.92. The number of rotatable bonds is 3. The molecular weight excluding hydrogens is 260 g/mol. The van der Waals surface area contributed by atoms with Crippen LogP contribution in [0, 0.1) is 11.3 Å². The molecule has 0 amide bonds. The topological polar surface area (TPSA) is 78.5 Å². The van der Waals surface area contributed by atoms with Crippen LogP contribution < -0.4 is 5.73 Å². The van der Waals surface area contributed by atoms with Gasteiger partial charge in [0.1, 0.15) is 6.07 Å². The molecule has 4 nitrogen and oxygen atoms in total. The van der Waals surface area contributed by atoms with Crippen molar-refractivity contribution in [2.45, 2.75) is 44.4 Å². The Morgan fingerprint density at radius 2 is 2.10 bits per heavy atom. The van der Waals surface area contributed by atoms with E-state index in [4.69, 9.17) is 5.73 Å². The minimum atomic E-state index is 0.444. The Kier molecular flexibility index (Phi) is 3.92. The van der Waals surface area contributed by atoms with E-state index in [-0.39, 0.29) is 0 Å². The van der Waals surface area contributed by atoms with E-state index in [0.29, 0.717) is 12.3 Å². The molecule has 0 radical (unpaired) electrons. The molecule has 1 saturated carbocycles. The summed E-state index contributed by atoms with van der Waals surface area (Å²) < 4.78 is 0. The zero-order valence-corrected chi connectivity index (χ0v) is 12.1. The van der Waals surface area contributed by atoms with Gasteiger partial charge >= 0.3 is 0 Å². The van der Waals surface area contributed by atoms with E-state index in [1.807, 2.05) is 24.3 Å². The highest BCUT2D eigenvalue weighted by Gasteiger charge is 2.23. The van der Waals surface area contributed by atoms with E-state index in [0.717, 1.165) is 41.0 Å². The van der Waals surface area contributed by atoms with Gasteiger partial charge in [0.2, 0.25) is 0 Å². The van der Waals surface area contributed by atoms with Gasteiger partial charge < -0.3 is 5.73 Å². The molecule has 21 heavy (non-hydrogen) atoms. The van der Waals surface area contributed by atoms with Crippen LogP contribution >= 0.6 is 0 Å². The van der Waals surface area contributed by atoms with Crippen molar-refractivity contribution in [2.24, 2.45) is 0 Å². The molecule has 2 aromatic rings. The van der Waals surface area contributed by atoms with E-state index in [9.17, 15) is 5.26 Å². The lowest BCUT2D eigenvalue weighted by Crippen LogP contribution is -2.06. The number of nitrogens with zero attached hydrogens (tertiary/aromatic N) is 2. The molecule has 108 valence electrons. The first-order valence-electron chi connectivity index (χ1n) is 7.59. The lowest BCUT2D eigenvalue weighted by molar-refractivity contribution is 0.436. The van der Waals surface area contributed by atoms with Gasteiger partial charge in [-0.2, -0.15) is 10.4 Å². The van der Waals surface area contributed by atoms with Gasteiger partial charge in [-0.3, -0.25) is 5.10 Å². The summed E-state index contributed by atoms with van der Waals surface area (Å²) in [5.41, 5.74) is 10.3. The Labute approximate surface area is 125 Å². The summed E-state index contributed by atoms with van der Waals surface area (Å²) in [4.78, 5) is 0. The summed E-state index contributed by atoms with van der Waals surface area (Å²) in [6.45, 7) is 0. The standard InChI is InChI=1S/C17H20N4/c18-11-15-16(10-12-5-4-8-14(19)9-12)20-21-17(15)13-6-2-1-3-7-13/h4-5,8-9,13H,1-3,6-7,10,19H2,(H,20,21). The average molecular weight is 280 g/mol. The quantitative estimate of drug-likeness (QED) is 0.844. The van der Waals surface area contributed by atoms with Crippen LogP contribution in [0.25, 0.3) is 0 Å². The molecule has 1 aliphatic rings. The van der Waals surface area contributed by atoms with E-state index in [1.165, 1.54) is 19.3 Å². The summed E-state index contributed by atoms with van der Waals surface area (Å²) in [5, 5.41) is 17.0. The van der Waals surface area contributed by atoms with Gasteiger partial charge in [-0.1, -0.05) is 31.4 Å². The minimum Gasteiger partial charge on any atom is -0.399 e. The number of hydrogen-bond donors (Lipinski definition) is 2. The first-order valence-corrected chi connectivity index (χ1v) is 7.59. The SMILES string of the molecule is N#Cc1c(C2CCCCC2)n[nH]c1Cc1cccc(N)c1. The number of aromatic amines is 1. The highest BCUT2D eigenvalue weighted by molar-refractivity contribution is 5.45. The summed E-state index contributed by atoms with van der Waals surface area (Å²) in [5.74, 6) is 0.444. The third-order valence-electron chi connectivity index (χ3n) is 4.30. The fraction of sp³-hybridized carbons (Fsp3) is 0.412. The lowest BCUT2D eigenvalue weighted by Gasteiger charge is -2.19. The maximum absolute atomic E-state index is 9.52. The van der Waals surface area contributed by atoms with Crippen LogP contribution in [-0.2, 0) is 6.42 Å². The van der Waals surface area contributed by atoms with Crippen molar-refractivity contribution < 1.29 is 0 Å². The number of H-pyrrole nitrogens is 1. The van der Waals surface area contributed by atoms with Crippen LogP contribution in [0.5, 0.6) is 0 Å². The summed E-state index contributed by atoms with van der Waals surface area (Å²) in [7, 11) is 0. The van der Waals surface area contributed by atoms with Gasteiger partial charge in [0.15, 0.2) is 0 Å². The zero-order valence-electron chi connectivity index (χ0n) is 12.1. The van der Waals surface area contributed by atoms with Crippen LogP contribution in [-0.4, -0.2) is 10.2 Å². The summed E-state index contributed by atoms with van der Waals surface area (Å²) in [6.07, 6.45) is 6.76. The average Bonchev–Trinajstić information content (AvgIpc) is 2.91. The van der Waals surface area contributed by atoms with Crippen molar-refractivity contribution >= 4 is 5.69 Å². The lowest BCUT2D eigenvalue weighted by atomic mass is 9.85. The molecule has 1 heterocycles. The molecule has 4 heteroatoms. The highest BCUT2D eigenvalue weighted by Crippen LogP contribution is 2.34. The second kappa shape index (κ2) is 6.01. The van der Waals surface area contributed by atoms with Crippen LogP contribution in [0.2, 0.25) is 0 Å². The minimum absolute atomic E-state index is 0.444. The van der Waals surface area contributed by atoms with E-state index in [2.05, 4.69) is 16.3 Å². The first-order chi connectivity index (χ1) is 10.3. The van der Waals surface area contributed by atoms with E-state index in [1.54, 1.807) is 0 Å². The Morgan fingerprint density at radius 1 is 1.29 bits per heavy atom. The van der Waals surface area contributed by atoms with Crippen LogP contribution in [0.1, 0.15) is 60.5 Å². The predicted molar refractivity (Wildman–Crippen MR) is 82.8 cm³/mol. The van der Waals surface area contributed by atoms with Crippen molar-refractivity contribution in [2.75, 3.05) is 5.73 Å². The second-order valence-corrected chi connectivity index (χ2v) is 5.83. The Hall–Kier alpha value is -2.28. The van der Waals surface area contributed by atoms with Crippen LogP contribution in [0.3, 0.4) is 0 Å².